The smallest absolute Gasteiger partial charge is 0.219 e. The largest absolute Gasteiger partial charge is 0.379 e. The third-order valence-corrected chi connectivity index (χ3v) is 6.47. The van der Waals surface area contributed by atoms with Gasteiger partial charge in [0.2, 0.25) is 5.91 Å². The second-order valence-corrected chi connectivity index (χ2v) is 9.05. The van der Waals surface area contributed by atoms with Crippen LogP contribution in [-0.4, -0.2) is 50.1 Å². The molecule has 1 atom stereocenters. The summed E-state index contributed by atoms with van der Waals surface area (Å²) in [7, 11) is 0. The van der Waals surface area contributed by atoms with Gasteiger partial charge in [0.15, 0.2) is 5.82 Å². The van der Waals surface area contributed by atoms with Gasteiger partial charge in [0.25, 0.3) is 0 Å². The van der Waals surface area contributed by atoms with Crippen LogP contribution in [0, 0.1) is 5.82 Å². The highest BCUT2D eigenvalue weighted by molar-refractivity contribution is 5.74. The fourth-order valence-electron chi connectivity index (χ4n) is 4.53. The molecule has 0 saturated carbocycles. The van der Waals surface area contributed by atoms with Crippen LogP contribution in [0.15, 0.2) is 30.6 Å². The third-order valence-electron chi connectivity index (χ3n) is 6.47. The Morgan fingerprint density at radius 2 is 2.15 bits per heavy atom. The molecule has 33 heavy (non-hydrogen) atoms. The van der Waals surface area contributed by atoms with Gasteiger partial charge in [-0.15, -0.1) is 0 Å². The molecule has 0 radical (unpaired) electrons. The molecular formula is C24H29FN6O2. The lowest BCUT2D eigenvalue weighted by Crippen LogP contribution is -2.35. The van der Waals surface area contributed by atoms with Gasteiger partial charge in [-0.3, -0.25) is 14.2 Å². The van der Waals surface area contributed by atoms with Crippen LogP contribution in [0.25, 0.3) is 11.1 Å². The highest BCUT2D eigenvalue weighted by Gasteiger charge is 2.30. The van der Waals surface area contributed by atoms with E-state index in [0.717, 1.165) is 35.2 Å². The SMILES string of the molecule is CC(=O)N1CCc2c(c(Nc3ccc(-c4cnn(C(C)C)c4)cc3F)nn2C2CCOC2)C1. The minimum absolute atomic E-state index is 0.0287. The quantitative estimate of drug-likeness (QED) is 0.631. The number of ether oxygens (including phenoxy) is 1. The van der Waals surface area contributed by atoms with E-state index in [2.05, 4.69) is 24.3 Å². The Balaban J connectivity index is 1.45. The number of anilines is 2. The first-order valence-corrected chi connectivity index (χ1v) is 11.5. The molecule has 1 N–H and O–H groups in total. The van der Waals surface area contributed by atoms with Gasteiger partial charge in [0.05, 0.1) is 31.1 Å². The predicted molar refractivity (Wildman–Crippen MR) is 123 cm³/mol. The van der Waals surface area contributed by atoms with E-state index < -0.39 is 0 Å². The van der Waals surface area contributed by atoms with E-state index in [-0.39, 0.29) is 23.8 Å². The number of nitrogens with one attached hydrogen (secondary N) is 1. The van der Waals surface area contributed by atoms with Crippen LogP contribution in [0.2, 0.25) is 0 Å². The molecule has 174 valence electrons. The maximum absolute atomic E-state index is 15.1. The number of halogens is 1. The Hall–Kier alpha value is -3.20. The molecule has 9 heteroatoms. The first-order chi connectivity index (χ1) is 15.9. The summed E-state index contributed by atoms with van der Waals surface area (Å²) < 4.78 is 24.6. The number of hydrogen-bond donors (Lipinski definition) is 1. The first kappa shape index (κ1) is 21.6. The molecule has 2 aliphatic heterocycles. The topological polar surface area (TPSA) is 77.2 Å². The van der Waals surface area contributed by atoms with E-state index in [4.69, 9.17) is 9.84 Å². The number of carbonyl (C=O) groups is 1. The Kier molecular flexibility index (Phi) is 5.65. The van der Waals surface area contributed by atoms with Gasteiger partial charge in [0.1, 0.15) is 5.82 Å². The molecule has 1 amide bonds. The summed E-state index contributed by atoms with van der Waals surface area (Å²) in [5.41, 5.74) is 4.04. The van der Waals surface area contributed by atoms with Crippen LogP contribution in [0.1, 0.15) is 50.5 Å². The minimum Gasteiger partial charge on any atom is -0.379 e. The summed E-state index contributed by atoms with van der Waals surface area (Å²) in [4.78, 5) is 13.8. The molecule has 4 heterocycles. The van der Waals surface area contributed by atoms with Crippen LogP contribution in [0.5, 0.6) is 0 Å². The predicted octanol–water partition coefficient (Wildman–Crippen LogP) is 4.08. The fourth-order valence-corrected chi connectivity index (χ4v) is 4.53. The second-order valence-electron chi connectivity index (χ2n) is 9.05. The number of aromatic nitrogens is 4. The number of nitrogens with zero attached hydrogens (tertiary/aromatic N) is 5. The van der Waals surface area contributed by atoms with Gasteiger partial charge in [-0.2, -0.15) is 10.2 Å². The minimum atomic E-state index is -0.364. The number of carbonyl (C=O) groups excluding carboxylic acids is 1. The molecule has 8 nitrogen and oxygen atoms in total. The Bertz CT molecular complexity index is 1180. The van der Waals surface area contributed by atoms with Gasteiger partial charge < -0.3 is 15.0 Å². The summed E-state index contributed by atoms with van der Waals surface area (Å²) in [6.45, 7) is 8.14. The molecule has 3 aromatic rings. The maximum atomic E-state index is 15.1. The summed E-state index contributed by atoms with van der Waals surface area (Å²) in [6.07, 6.45) is 5.29. The number of hydrogen-bond acceptors (Lipinski definition) is 5. The maximum Gasteiger partial charge on any atom is 0.219 e. The molecule has 1 saturated heterocycles. The summed E-state index contributed by atoms with van der Waals surface area (Å²) in [5.74, 6) is 0.264. The van der Waals surface area contributed by atoms with Gasteiger partial charge in [-0.1, -0.05) is 6.07 Å². The van der Waals surface area contributed by atoms with Crippen molar-refractivity contribution in [1.82, 2.24) is 24.5 Å². The molecule has 0 spiro atoms. The van der Waals surface area contributed by atoms with Crippen molar-refractivity contribution in [3.63, 3.8) is 0 Å². The molecule has 2 aliphatic rings. The Morgan fingerprint density at radius 1 is 1.30 bits per heavy atom. The van der Waals surface area contributed by atoms with E-state index in [1.54, 1.807) is 24.1 Å². The van der Waals surface area contributed by atoms with Gasteiger partial charge >= 0.3 is 0 Å². The lowest BCUT2D eigenvalue weighted by molar-refractivity contribution is -0.129. The highest BCUT2D eigenvalue weighted by Crippen LogP contribution is 2.34. The lowest BCUT2D eigenvalue weighted by atomic mass is 10.1. The van der Waals surface area contributed by atoms with Crippen molar-refractivity contribution in [1.29, 1.82) is 0 Å². The fraction of sp³-hybridized carbons (Fsp3) is 0.458. The molecule has 1 unspecified atom stereocenters. The van der Waals surface area contributed by atoms with Crippen molar-refractivity contribution in [2.24, 2.45) is 0 Å². The van der Waals surface area contributed by atoms with Gasteiger partial charge in [0, 0.05) is 55.6 Å². The number of amides is 1. The van der Waals surface area contributed by atoms with Gasteiger partial charge in [-0.25, -0.2) is 4.39 Å². The average Bonchev–Trinajstić information content (AvgIpc) is 3.55. The normalized spacial score (nSPS) is 18.1. The molecular weight excluding hydrogens is 423 g/mol. The standard InChI is InChI=1S/C24H29FN6O2/c1-15(2)30-12-18(11-26-30)17-4-5-22(21(25)10-17)27-24-20-13-29(16(3)32)8-6-23(20)31(28-24)19-7-9-33-14-19/h4-5,10-12,15,19H,6-9,13-14H2,1-3H3,(H,27,28). The monoisotopic (exact) mass is 452 g/mol. The second kappa shape index (κ2) is 8.62. The molecule has 0 aliphatic carbocycles. The van der Waals surface area contributed by atoms with E-state index in [0.29, 0.717) is 37.8 Å². The molecule has 2 aromatic heterocycles. The van der Waals surface area contributed by atoms with Crippen LogP contribution >= 0.6 is 0 Å². The zero-order valence-electron chi connectivity index (χ0n) is 19.2. The highest BCUT2D eigenvalue weighted by atomic mass is 19.1. The van der Waals surface area contributed by atoms with Crippen molar-refractivity contribution in [3.05, 3.63) is 47.7 Å². The molecule has 1 aromatic carbocycles. The van der Waals surface area contributed by atoms with Crippen LogP contribution in [0.3, 0.4) is 0 Å². The van der Waals surface area contributed by atoms with Crippen molar-refractivity contribution >= 4 is 17.4 Å². The summed E-state index contributed by atoms with van der Waals surface area (Å²) in [5, 5.41) is 12.4. The number of rotatable bonds is 5. The van der Waals surface area contributed by atoms with Crippen LogP contribution in [-0.2, 0) is 22.5 Å². The van der Waals surface area contributed by atoms with Gasteiger partial charge in [-0.05, 0) is 38.0 Å². The summed E-state index contributed by atoms with van der Waals surface area (Å²) >= 11 is 0. The van der Waals surface area contributed by atoms with Crippen molar-refractivity contribution in [2.75, 3.05) is 25.1 Å². The van der Waals surface area contributed by atoms with E-state index in [1.807, 2.05) is 21.6 Å². The third kappa shape index (κ3) is 4.13. The average molecular weight is 453 g/mol. The van der Waals surface area contributed by atoms with E-state index in [1.165, 1.54) is 6.07 Å². The molecule has 0 bridgehead atoms. The summed E-state index contributed by atoms with van der Waals surface area (Å²) in [6, 6.07) is 5.53. The Morgan fingerprint density at radius 3 is 2.82 bits per heavy atom. The number of fused-ring (bicyclic) bond motifs is 1. The zero-order chi connectivity index (χ0) is 23.1. The molecule has 5 rings (SSSR count). The van der Waals surface area contributed by atoms with Crippen molar-refractivity contribution in [2.45, 2.75) is 52.2 Å². The Labute approximate surface area is 192 Å². The van der Waals surface area contributed by atoms with Crippen LogP contribution < -0.4 is 5.32 Å². The van der Waals surface area contributed by atoms with E-state index in [9.17, 15) is 4.79 Å². The van der Waals surface area contributed by atoms with Crippen molar-refractivity contribution < 1.29 is 13.9 Å². The first-order valence-electron chi connectivity index (χ1n) is 11.5. The zero-order valence-corrected chi connectivity index (χ0v) is 19.2. The molecule has 1 fully saturated rings. The lowest BCUT2D eigenvalue weighted by Gasteiger charge is -2.27. The van der Waals surface area contributed by atoms with Crippen molar-refractivity contribution in [3.8, 4) is 11.1 Å². The van der Waals surface area contributed by atoms with E-state index >= 15 is 4.39 Å². The van der Waals surface area contributed by atoms with Crippen LogP contribution in [0.4, 0.5) is 15.9 Å². The number of benzene rings is 1.